The van der Waals surface area contributed by atoms with Gasteiger partial charge in [0.2, 0.25) is 0 Å². The van der Waals surface area contributed by atoms with E-state index in [-0.39, 0.29) is 0 Å². The van der Waals surface area contributed by atoms with Gasteiger partial charge in [-0.25, -0.2) is 0 Å². The molecule has 1 fully saturated rings. The van der Waals surface area contributed by atoms with Crippen LogP contribution in [0.15, 0.2) is 18.2 Å². The van der Waals surface area contributed by atoms with Gasteiger partial charge in [-0.15, -0.1) is 0 Å². The summed E-state index contributed by atoms with van der Waals surface area (Å²) in [4.78, 5) is 11.6. The molecule has 1 aliphatic heterocycles. The minimum atomic E-state index is -0.671. The largest absolute Gasteiger partial charge is 0.481 e. The third-order valence-corrected chi connectivity index (χ3v) is 3.96. The molecule has 1 aromatic rings. The van der Waals surface area contributed by atoms with Crippen molar-refractivity contribution in [3.05, 3.63) is 34.9 Å². The molecule has 1 aromatic carbocycles. The molecule has 98 valence electrons. The summed E-state index contributed by atoms with van der Waals surface area (Å²) in [5, 5.41) is 12.8. The highest BCUT2D eigenvalue weighted by Gasteiger charge is 2.39. The minimum absolute atomic E-state index is 0.579. The average molecular weight is 247 g/mol. The Kier molecular flexibility index (Phi) is 3.71. The van der Waals surface area contributed by atoms with E-state index in [0.29, 0.717) is 13.0 Å². The zero-order valence-corrected chi connectivity index (χ0v) is 11.1. The molecule has 1 heterocycles. The van der Waals surface area contributed by atoms with Gasteiger partial charge >= 0.3 is 5.97 Å². The van der Waals surface area contributed by atoms with Crippen LogP contribution in [0.4, 0.5) is 0 Å². The third-order valence-electron chi connectivity index (χ3n) is 3.96. The summed E-state index contributed by atoms with van der Waals surface area (Å²) >= 11 is 0. The lowest BCUT2D eigenvalue weighted by molar-refractivity contribution is -0.150. The summed E-state index contributed by atoms with van der Waals surface area (Å²) in [6.45, 7) is 5.62. The molecule has 3 heteroatoms. The standard InChI is InChI=1S/C15H21NO2/c1-11-4-5-12(2)13(8-11)9-15(14(17)18)6-3-7-16-10-15/h4-5,8,16H,3,6-7,9-10H2,1-2H3,(H,17,18). The highest BCUT2D eigenvalue weighted by atomic mass is 16.4. The van der Waals surface area contributed by atoms with Crippen LogP contribution in [0.25, 0.3) is 0 Å². The highest BCUT2D eigenvalue weighted by molar-refractivity contribution is 5.75. The number of piperidine rings is 1. The molecule has 3 nitrogen and oxygen atoms in total. The van der Waals surface area contributed by atoms with E-state index in [1.54, 1.807) is 0 Å². The predicted octanol–water partition coefficient (Wildman–Crippen LogP) is 2.30. The molecule has 0 amide bonds. The van der Waals surface area contributed by atoms with Gasteiger partial charge in [0.1, 0.15) is 0 Å². The van der Waals surface area contributed by atoms with Crippen molar-refractivity contribution >= 4 is 5.97 Å². The number of aliphatic carboxylic acids is 1. The molecule has 0 saturated carbocycles. The maximum absolute atomic E-state index is 11.6. The normalized spacial score (nSPS) is 23.9. The fourth-order valence-corrected chi connectivity index (χ4v) is 2.73. The van der Waals surface area contributed by atoms with Gasteiger partial charge in [-0.1, -0.05) is 23.8 Å². The van der Waals surface area contributed by atoms with Crippen molar-refractivity contribution in [3.8, 4) is 0 Å². The lowest BCUT2D eigenvalue weighted by Gasteiger charge is -2.34. The number of carbonyl (C=O) groups is 1. The second-order valence-electron chi connectivity index (χ2n) is 5.47. The number of carboxylic acids is 1. The van der Waals surface area contributed by atoms with E-state index in [1.807, 2.05) is 0 Å². The maximum Gasteiger partial charge on any atom is 0.311 e. The molecule has 18 heavy (non-hydrogen) atoms. The van der Waals surface area contributed by atoms with E-state index < -0.39 is 11.4 Å². The first-order valence-corrected chi connectivity index (χ1v) is 6.54. The Morgan fingerprint density at radius 1 is 1.44 bits per heavy atom. The molecule has 0 radical (unpaired) electrons. The monoisotopic (exact) mass is 247 g/mol. The molecule has 0 aliphatic carbocycles. The van der Waals surface area contributed by atoms with Gasteiger partial charge in [0.05, 0.1) is 5.41 Å². The van der Waals surface area contributed by atoms with Crippen LogP contribution in [0.3, 0.4) is 0 Å². The second kappa shape index (κ2) is 5.11. The molecule has 1 unspecified atom stereocenters. The van der Waals surface area contributed by atoms with Crippen molar-refractivity contribution in [3.63, 3.8) is 0 Å². The zero-order valence-electron chi connectivity index (χ0n) is 11.1. The van der Waals surface area contributed by atoms with E-state index in [0.717, 1.165) is 19.4 Å². The lowest BCUT2D eigenvalue weighted by atomic mass is 9.75. The first-order chi connectivity index (χ1) is 8.53. The molecule has 1 saturated heterocycles. The number of carboxylic acid groups (broad SMARTS) is 1. The number of nitrogens with one attached hydrogen (secondary N) is 1. The van der Waals surface area contributed by atoms with Crippen LogP contribution in [0.5, 0.6) is 0 Å². The van der Waals surface area contributed by atoms with Crippen LogP contribution in [0.2, 0.25) is 0 Å². The maximum atomic E-state index is 11.6. The molecule has 0 aromatic heterocycles. The van der Waals surface area contributed by atoms with Crippen molar-refractivity contribution in [2.75, 3.05) is 13.1 Å². The number of rotatable bonds is 3. The second-order valence-corrected chi connectivity index (χ2v) is 5.47. The Labute approximate surface area is 108 Å². The number of hydrogen-bond acceptors (Lipinski definition) is 2. The van der Waals surface area contributed by atoms with Gasteiger partial charge in [0.15, 0.2) is 0 Å². The van der Waals surface area contributed by atoms with Gasteiger partial charge in [0, 0.05) is 6.54 Å². The van der Waals surface area contributed by atoms with Crippen molar-refractivity contribution in [2.24, 2.45) is 5.41 Å². The van der Waals surface area contributed by atoms with Gasteiger partial charge in [-0.3, -0.25) is 4.79 Å². The Balaban J connectivity index is 2.28. The van der Waals surface area contributed by atoms with Crippen LogP contribution < -0.4 is 5.32 Å². The molecule has 2 rings (SSSR count). The summed E-state index contributed by atoms with van der Waals surface area (Å²) in [5.41, 5.74) is 2.92. The number of aryl methyl sites for hydroxylation is 2. The van der Waals surface area contributed by atoms with E-state index >= 15 is 0 Å². The molecule has 2 N–H and O–H groups in total. The molecule has 0 bridgehead atoms. The molecule has 1 atom stereocenters. The first-order valence-electron chi connectivity index (χ1n) is 6.54. The summed E-state index contributed by atoms with van der Waals surface area (Å²) in [6.07, 6.45) is 2.34. The fourth-order valence-electron chi connectivity index (χ4n) is 2.73. The zero-order chi connectivity index (χ0) is 13.2. The Morgan fingerprint density at radius 2 is 2.22 bits per heavy atom. The van der Waals surface area contributed by atoms with E-state index in [1.165, 1.54) is 16.7 Å². The summed E-state index contributed by atoms with van der Waals surface area (Å²) in [6, 6.07) is 6.27. The van der Waals surface area contributed by atoms with Gasteiger partial charge in [-0.2, -0.15) is 0 Å². The molecule has 1 aliphatic rings. The predicted molar refractivity (Wildman–Crippen MR) is 71.8 cm³/mol. The lowest BCUT2D eigenvalue weighted by Crippen LogP contribution is -2.47. The van der Waals surface area contributed by atoms with E-state index in [4.69, 9.17) is 0 Å². The van der Waals surface area contributed by atoms with Crippen molar-refractivity contribution in [1.29, 1.82) is 0 Å². The van der Waals surface area contributed by atoms with Crippen LogP contribution in [-0.2, 0) is 11.2 Å². The summed E-state index contributed by atoms with van der Waals surface area (Å²) in [5.74, 6) is -0.671. The van der Waals surface area contributed by atoms with Crippen LogP contribution >= 0.6 is 0 Å². The van der Waals surface area contributed by atoms with Gasteiger partial charge in [0.25, 0.3) is 0 Å². The smallest absolute Gasteiger partial charge is 0.311 e. The molecular formula is C15H21NO2. The third kappa shape index (κ3) is 2.56. The molecular weight excluding hydrogens is 226 g/mol. The van der Waals surface area contributed by atoms with Crippen molar-refractivity contribution < 1.29 is 9.90 Å². The number of benzene rings is 1. The first kappa shape index (κ1) is 13.1. The highest BCUT2D eigenvalue weighted by Crippen LogP contribution is 2.32. The Hall–Kier alpha value is -1.35. The summed E-state index contributed by atoms with van der Waals surface area (Å²) in [7, 11) is 0. The van der Waals surface area contributed by atoms with Crippen LogP contribution in [0.1, 0.15) is 29.5 Å². The quantitative estimate of drug-likeness (QED) is 0.861. The number of hydrogen-bond donors (Lipinski definition) is 2. The fraction of sp³-hybridized carbons (Fsp3) is 0.533. The molecule has 0 spiro atoms. The average Bonchev–Trinajstić information content (AvgIpc) is 2.35. The van der Waals surface area contributed by atoms with E-state index in [2.05, 4.69) is 37.4 Å². The Bertz CT molecular complexity index is 448. The topological polar surface area (TPSA) is 49.3 Å². The van der Waals surface area contributed by atoms with E-state index in [9.17, 15) is 9.90 Å². The minimum Gasteiger partial charge on any atom is -0.481 e. The van der Waals surface area contributed by atoms with Crippen molar-refractivity contribution in [2.45, 2.75) is 33.1 Å². The van der Waals surface area contributed by atoms with Gasteiger partial charge < -0.3 is 10.4 Å². The Morgan fingerprint density at radius 3 is 2.83 bits per heavy atom. The van der Waals surface area contributed by atoms with Crippen LogP contribution in [-0.4, -0.2) is 24.2 Å². The van der Waals surface area contributed by atoms with Crippen molar-refractivity contribution in [1.82, 2.24) is 5.32 Å². The van der Waals surface area contributed by atoms with Crippen LogP contribution in [0, 0.1) is 19.3 Å². The summed E-state index contributed by atoms with van der Waals surface area (Å²) < 4.78 is 0. The SMILES string of the molecule is Cc1ccc(C)c(CC2(C(=O)O)CCCNC2)c1. The van der Waals surface area contributed by atoms with Gasteiger partial charge in [-0.05, 0) is 50.8 Å².